The van der Waals surface area contributed by atoms with Gasteiger partial charge in [-0.1, -0.05) is 199 Å². The van der Waals surface area contributed by atoms with Gasteiger partial charge in [-0.15, -0.1) is 6.58 Å². The van der Waals surface area contributed by atoms with Gasteiger partial charge in [0.15, 0.2) is 5.78 Å². The molecule has 5 aliphatic heterocycles. The van der Waals surface area contributed by atoms with Gasteiger partial charge in [-0.3, -0.25) is 14.4 Å². The Morgan fingerprint density at radius 2 is 0.931 bits per heavy atom. The van der Waals surface area contributed by atoms with E-state index >= 15 is 0 Å². The molecule has 0 bridgehead atoms. The number of allylic oxidation sites excluding steroid dienone is 10. The highest BCUT2D eigenvalue weighted by Crippen LogP contribution is 2.79. The third-order valence-electron chi connectivity index (χ3n) is 38.7. The predicted octanol–water partition coefficient (Wildman–Crippen LogP) is 22.5. The number of rotatable bonds is 20. The van der Waals surface area contributed by atoms with Crippen LogP contribution in [-0.4, -0.2) is 153 Å². The lowest BCUT2D eigenvalue weighted by atomic mass is 9.33. The average Bonchev–Trinajstić information content (AvgIpc) is 1.65. The lowest BCUT2D eigenvalue weighted by Crippen LogP contribution is -2.68. The number of ketones is 1. The van der Waals surface area contributed by atoms with Gasteiger partial charge in [0.1, 0.15) is 62.9 Å². The maximum atomic E-state index is 14.7. The summed E-state index contributed by atoms with van der Waals surface area (Å²) in [5.41, 5.74) is 15.0. The van der Waals surface area contributed by atoms with Crippen LogP contribution < -0.4 is 11.1 Å². The van der Waals surface area contributed by atoms with Crippen molar-refractivity contribution in [3.05, 3.63) is 155 Å². The molecule has 20 atom stereocenters. The number of benzene rings is 2. The Hall–Kier alpha value is -5.64. The van der Waals surface area contributed by atoms with E-state index < -0.39 is 52.9 Å². The Bertz CT molecular complexity index is 4420. The Kier molecular flexibility index (Phi) is 32.5. The van der Waals surface area contributed by atoms with Crippen molar-refractivity contribution in [2.45, 2.75) is 325 Å². The number of hydrogen-bond donors (Lipinski definition) is 5. The molecule has 16 nitrogen and oxygen atoms in total. The lowest BCUT2D eigenvalue weighted by molar-refractivity contribution is -0.221. The first-order valence-corrected chi connectivity index (χ1v) is 50.0. The molecule has 18 heteroatoms. The first-order valence-electron chi connectivity index (χ1n) is 50.0. The fourth-order valence-electron chi connectivity index (χ4n) is 30.8. The number of halogens is 2. The van der Waals surface area contributed by atoms with Crippen molar-refractivity contribution in [3.63, 3.8) is 0 Å². The number of ether oxygens (including phenoxy) is 7. The van der Waals surface area contributed by atoms with E-state index in [2.05, 4.69) is 142 Å². The smallest absolute Gasteiger partial charge is 0.315 e. The number of Topliss-reactive ketones (excluding diaryl/α,β-unsaturated/α-hetero) is 1. The maximum Gasteiger partial charge on any atom is 0.315 e. The summed E-state index contributed by atoms with van der Waals surface area (Å²) in [6, 6.07) is 19.4. The highest BCUT2D eigenvalue weighted by molar-refractivity contribution is 5.84. The molecular weight excluding hydrogens is 1650 g/mol. The lowest BCUT2D eigenvalue weighted by Gasteiger charge is -2.72. The molecule has 0 aromatic heterocycles. The topological polar surface area (TPSA) is 232 Å². The monoisotopic (exact) mass is 1820 g/mol. The minimum absolute atomic E-state index is 0. The molecule has 730 valence electrons. The molecule has 2 aromatic rings. The van der Waals surface area contributed by atoms with Crippen LogP contribution in [0.1, 0.15) is 295 Å². The molecule has 8 saturated carbocycles. The summed E-state index contributed by atoms with van der Waals surface area (Å²) >= 11 is 0. The van der Waals surface area contributed by atoms with Gasteiger partial charge in [0.2, 0.25) is 0 Å². The minimum Gasteiger partial charge on any atom is -0.460 e. The Labute approximate surface area is 787 Å². The molecule has 0 unspecified atom stereocenters. The third kappa shape index (κ3) is 19.7. The quantitative estimate of drug-likeness (QED) is 0.0471. The van der Waals surface area contributed by atoms with E-state index in [-0.39, 0.29) is 83.8 Å². The summed E-state index contributed by atoms with van der Waals surface area (Å²) in [5.74, 6) is 5.60. The van der Waals surface area contributed by atoms with Crippen molar-refractivity contribution in [1.82, 2.24) is 5.32 Å². The van der Waals surface area contributed by atoms with Crippen molar-refractivity contribution in [1.29, 1.82) is 0 Å². The molecule has 0 radical (unpaired) electrons. The molecule has 2 aromatic carbocycles. The zero-order valence-corrected chi connectivity index (χ0v) is 80.9. The van der Waals surface area contributed by atoms with Crippen molar-refractivity contribution < 1.29 is 76.4 Å². The summed E-state index contributed by atoms with van der Waals surface area (Å²) in [7, 11) is 0. The molecule has 6 N–H and O–H groups in total. The highest BCUT2D eigenvalue weighted by Gasteiger charge is 2.73. The molecule has 0 spiro atoms. The number of carbonyl (C=O) groups is 4. The summed E-state index contributed by atoms with van der Waals surface area (Å²) < 4.78 is 65.1. The van der Waals surface area contributed by atoms with Gasteiger partial charge in [0, 0.05) is 30.7 Å². The van der Waals surface area contributed by atoms with E-state index in [9.17, 15) is 38.2 Å². The molecule has 13 fully saturated rings. The SMILES string of the molecule is C.C.C1CCOC1.C=C(C)[C@@H]1CC[C@]2(N)CC[C@]3(C)[C@H](CC[C@@H]4[C@@]5(C)CC=C(C6=CC[C@](CF)(C(=O)OCc7ccccc7)CC6)C(C)(C)[C@@H]5CC[C@]43C)[C@@H]12.C=C(C)[C@@H]1CC[C@]2(NCCC3(O)COC3)CC[C@]3(C)[C@H](CC[C@@H]4[C@@]5(C)CC=C(C6=CC[C@](CF)(C(=O)OCc7ccccc7)CC6)C(C)(C)[C@@H]5CC[C@]43C)[C@@H]12.C=CCC1(O)COC1.O=C1COC1.O=CCC1(O)COC1. The van der Waals surface area contributed by atoms with Crippen molar-refractivity contribution in [2.75, 3.05) is 86.0 Å². The van der Waals surface area contributed by atoms with Gasteiger partial charge >= 0.3 is 11.9 Å². The van der Waals surface area contributed by atoms with Crippen LogP contribution in [0.4, 0.5) is 8.78 Å². The van der Waals surface area contributed by atoms with Crippen LogP contribution in [0.3, 0.4) is 0 Å². The standard InChI is InChI=1S/C49H70FNO4.C44H62FNO2.C6H10O2.C5H8O3.C4H8O.C3H4O2.2CH4/c1-33(2)36-17-24-49(51-28-27-48(53)31-54-32-48)26-25-45(6)38(41(36)49)13-14-40-44(5)20-18-37(43(3,4)39(44)19-21-46(40,45)7)35-15-22-47(30-50,23-16-35)42(52)55-29-34-11-9-8-10-12-34;1-29(2)32-17-24-44(46)26-25-41(6)34(37(32)44)13-14-36-40(5)20-18-33(39(3,4)35(40)19-21-42(36,41)7)31-15-22-43(28-45,23-16-31)38(47)48-27-30-11-9-8-10-12-30;1-2-3-6(7)4-8-5-6;6-2-1-5(7)3-8-4-5;1-2-4-5-3-1;4-3-1-5-2-3;;/h8-12,15,18,36,38-41,51,53H,1,13-14,16-17,19-32H2,2-7H3;8-12,15,18,32,34-37H,1,13-14,16-17,19-28,46H2,2-7H3;2,7H,1,3-5H2;2,7H,1,3-4H2;1-4H2;1-2H2;2*1H4/t36-,38+,39-,40+,41+,44-,45+,46+,47-,49-;32-,34+,35-,36+,37+,40-,41+,42+,43-,44-;;;;;;/m00....../s1. The highest BCUT2D eigenvalue weighted by atomic mass is 19.1. The second-order valence-corrected chi connectivity index (χ2v) is 46.7. The zero-order chi connectivity index (χ0) is 92.7. The predicted molar refractivity (Wildman–Crippen MR) is 518 cm³/mol. The number of carbonyl (C=O) groups excluding carboxylic acids is 4. The van der Waals surface area contributed by atoms with Crippen molar-refractivity contribution >= 4 is 24.0 Å². The maximum absolute atomic E-state index is 14.7. The summed E-state index contributed by atoms with van der Waals surface area (Å²) in [5, 5.41) is 33.3. The Morgan fingerprint density at radius 3 is 1.29 bits per heavy atom. The summed E-state index contributed by atoms with van der Waals surface area (Å²) in [6.07, 6.45) is 41.7. The van der Waals surface area contributed by atoms with Gasteiger partial charge < -0.3 is 64.3 Å². The molecule has 5 saturated heterocycles. The van der Waals surface area contributed by atoms with Gasteiger partial charge in [-0.2, -0.15) is 0 Å². The summed E-state index contributed by atoms with van der Waals surface area (Å²) in [4.78, 5) is 46.2. The molecule has 131 heavy (non-hydrogen) atoms. The zero-order valence-electron chi connectivity index (χ0n) is 80.9. The third-order valence-corrected chi connectivity index (χ3v) is 38.7. The van der Waals surface area contributed by atoms with Gasteiger partial charge in [-0.05, 0) is 336 Å². The van der Waals surface area contributed by atoms with Crippen LogP contribution in [0.5, 0.6) is 0 Å². The van der Waals surface area contributed by atoms with Crippen LogP contribution >= 0.6 is 0 Å². The number of nitrogens with two attached hydrogens (primary N) is 1. The number of alkyl halides is 2. The molecular formula is C113H170F2N2O14. The van der Waals surface area contributed by atoms with E-state index in [1.807, 2.05) is 60.7 Å². The molecule has 17 aliphatic rings. The van der Waals surface area contributed by atoms with Crippen LogP contribution in [0.2, 0.25) is 0 Å². The number of nitrogens with one attached hydrogen (secondary N) is 1. The van der Waals surface area contributed by atoms with Crippen LogP contribution in [0.15, 0.2) is 144 Å². The van der Waals surface area contributed by atoms with Crippen LogP contribution in [0.25, 0.3) is 0 Å². The van der Waals surface area contributed by atoms with E-state index in [4.69, 9.17) is 34.5 Å². The molecule has 12 aliphatic carbocycles. The van der Waals surface area contributed by atoms with Gasteiger partial charge in [0.05, 0.1) is 50.5 Å². The molecule has 19 rings (SSSR count). The average molecular weight is 1820 g/mol. The van der Waals surface area contributed by atoms with Gasteiger partial charge in [0.25, 0.3) is 0 Å². The van der Waals surface area contributed by atoms with Crippen LogP contribution in [0, 0.1) is 113 Å². The second-order valence-electron chi connectivity index (χ2n) is 46.7. The molecule has 0 amide bonds. The number of fused-ring (bicyclic) bond motifs is 14. The fourth-order valence-corrected chi connectivity index (χ4v) is 30.8. The minimum atomic E-state index is -1.09. The molecule has 5 heterocycles. The fraction of sp³-hybridized carbons (Fsp3) is 0.735. The number of esters is 2. The number of hydrogen-bond acceptors (Lipinski definition) is 16. The first kappa shape index (κ1) is 104. The Balaban J connectivity index is 0.000000183. The normalized spacial score (nSPS) is 39.0. The van der Waals surface area contributed by atoms with Crippen molar-refractivity contribution in [2.24, 2.45) is 119 Å². The largest absolute Gasteiger partial charge is 0.460 e. The van der Waals surface area contributed by atoms with E-state index in [1.54, 1.807) is 6.08 Å². The number of aldehydes is 1. The van der Waals surface area contributed by atoms with E-state index in [0.29, 0.717) is 161 Å². The Morgan fingerprint density at radius 1 is 0.504 bits per heavy atom. The van der Waals surface area contributed by atoms with Gasteiger partial charge in [-0.25, -0.2) is 8.78 Å². The van der Waals surface area contributed by atoms with E-state index in [1.165, 1.54) is 149 Å². The first-order chi connectivity index (χ1) is 61.1. The van der Waals surface area contributed by atoms with Crippen molar-refractivity contribution in [3.8, 4) is 0 Å². The summed E-state index contributed by atoms with van der Waals surface area (Å²) in [6.45, 7) is 48.3. The van der Waals surface area contributed by atoms with Crippen LogP contribution in [-0.2, 0) is 65.5 Å². The van der Waals surface area contributed by atoms with E-state index in [0.717, 1.165) is 63.0 Å². The second kappa shape index (κ2) is 40.8. The number of aliphatic hydroxyl groups is 3.